The Morgan fingerprint density at radius 1 is 1.44 bits per heavy atom. The van der Waals surface area contributed by atoms with Gasteiger partial charge < -0.3 is 10.4 Å². The number of hydrogen-bond donors (Lipinski definition) is 2. The van der Waals surface area contributed by atoms with Gasteiger partial charge in [0.2, 0.25) is 0 Å². The van der Waals surface area contributed by atoms with E-state index in [1.807, 2.05) is 31.2 Å². The van der Waals surface area contributed by atoms with Crippen LogP contribution in [0.4, 0.5) is 10.5 Å². The molecule has 1 fully saturated rings. The highest BCUT2D eigenvalue weighted by Crippen LogP contribution is 2.20. The van der Waals surface area contributed by atoms with Gasteiger partial charge in [0.1, 0.15) is 0 Å². The van der Waals surface area contributed by atoms with Crippen LogP contribution in [0.5, 0.6) is 0 Å². The van der Waals surface area contributed by atoms with Crippen LogP contribution in [-0.2, 0) is 4.79 Å². The Balaban J connectivity index is 2.12. The van der Waals surface area contributed by atoms with Gasteiger partial charge in [-0.3, -0.25) is 9.69 Å². The van der Waals surface area contributed by atoms with Crippen molar-refractivity contribution in [1.29, 1.82) is 0 Å². The highest BCUT2D eigenvalue weighted by atomic mass is 16.4. The summed E-state index contributed by atoms with van der Waals surface area (Å²) >= 11 is 0. The largest absolute Gasteiger partial charge is 0.481 e. The number of rotatable bonds is 3. The number of carboxylic acids is 1. The third kappa shape index (κ3) is 2.80. The molecule has 1 aliphatic rings. The van der Waals surface area contributed by atoms with Crippen molar-refractivity contribution in [1.82, 2.24) is 5.32 Å². The molecular formula is C13H16N2O3. The molecule has 0 aromatic heterocycles. The van der Waals surface area contributed by atoms with Gasteiger partial charge >= 0.3 is 12.0 Å². The minimum atomic E-state index is -0.833. The molecule has 0 aliphatic carbocycles. The van der Waals surface area contributed by atoms with Gasteiger partial charge in [0, 0.05) is 24.7 Å². The Kier molecular flexibility index (Phi) is 3.50. The van der Waals surface area contributed by atoms with Crippen LogP contribution in [0.1, 0.15) is 12.0 Å². The molecule has 1 aromatic carbocycles. The maximum absolute atomic E-state index is 11.8. The second-order valence-electron chi connectivity index (χ2n) is 4.60. The number of benzene rings is 1. The van der Waals surface area contributed by atoms with Gasteiger partial charge in [-0.25, -0.2) is 4.79 Å². The lowest BCUT2D eigenvalue weighted by molar-refractivity contribution is -0.138. The van der Waals surface area contributed by atoms with E-state index < -0.39 is 5.97 Å². The summed E-state index contributed by atoms with van der Waals surface area (Å²) in [5.41, 5.74) is 1.92. The van der Waals surface area contributed by atoms with E-state index in [2.05, 4.69) is 5.32 Å². The molecule has 5 heteroatoms. The van der Waals surface area contributed by atoms with E-state index in [0.717, 1.165) is 11.3 Å². The first kappa shape index (κ1) is 12.4. The summed E-state index contributed by atoms with van der Waals surface area (Å²) in [6.07, 6.45) is 0.0721. The van der Waals surface area contributed by atoms with Crippen LogP contribution in [0.25, 0.3) is 0 Å². The maximum atomic E-state index is 11.8. The van der Waals surface area contributed by atoms with E-state index in [1.54, 1.807) is 4.90 Å². The van der Waals surface area contributed by atoms with Gasteiger partial charge in [-0.1, -0.05) is 17.7 Å². The molecule has 1 unspecified atom stereocenters. The summed E-state index contributed by atoms with van der Waals surface area (Å²) in [5, 5.41) is 11.5. The number of nitrogens with one attached hydrogen (secondary N) is 1. The molecule has 1 heterocycles. The number of aryl methyl sites for hydroxylation is 1. The Labute approximate surface area is 105 Å². The molecule has 0 radical (unpaired) electrons. The van der Waals surface area contributed by atoms with E-state index in [-0.39, 0.29) is 18.4 Å². The Bertz CT molecular complexity index is 456. The Hall–Kier alpha value is -2.04. The van der Waals surface area contributed by atoms with Crippen LogP contribution in [0.3, 0.4) is 0 Å². The van der Waals surface area contributed by atoms with Crippen molar-refractivity contribution in [3.8, 4) is 0 Å². The quantitative estimate of drug-likeness (QED) is 0.853. The summed E-state index contributed by atoms with van der Waals surface area (Å²) in [4.78, 5) is 24.1. The molecular weight excluding hydrogens is 232 g/mol. The SMILES string of the molecule is Cc1ccc(N2CC(CC(=O)O)CNC2=O)cc1. The van der Waals surface area contributed by atoms with E-state index in [4.69, 9.17) is 5.11 Å². The van der Waals surface area contributed by atoms with Gasteiger partial charge in [-0.2, -0.15) is 0 Å². The predicted octanol–water partition coefficient (Wildman–Crippen LogP) is 1.62. The zero-order valence-corrected chi connectivity index (χ0v) is 10.2. The minimum Gasteiger partial charge on any atom is -0.481 e. The van der Waals surface area contributed by atoms with Crippen molar-refractivity contribution in [3.05, 3.63) is 29.8 Å². The number of urea groups is 1. The number of amides is 2. The zero-order valence-electron chi connectivity index (χ0n) is 10.2. The van der Waals surface area contributed by atoms with Crippen molar-refractivity contribution in [2.75, 3.05) is 18.0 Å². The van der Waals surface area contributed by atoms with Gasteiger partial charge in [0.05, 0.1) is 6.42 Å². The summed E-state index contributed by atoms with van der Waals surface area (Å²) in [7, 11) is 0. The Morgan fingerprint density at radius 3 is 2.72 bits per heavy atom. The smallest absolute Gasteiger partial charge is 0.321 e. The fourth-order valence-corrected chi connectivity index (χ4v) is 2.06. The van der Waals surface area contributed by atoms with Crippen LogP contribution in [0.15, 0.2) is 24.3 Å². The molecule has 5 nitrogen and oxygen atoms in total. The van der Waals surface area contributed by atoms with Gasteiger partial charge in [-0.05, 0) is 19.1 Å². The minimum absolute atomic E-state index is 0.0542. The van der Waals surface area contributed by atoms with Crippen LogP contribution in [-0.4, -0.2) is 30.2 Å². The van der Waals surface area contributed by atoms with Gasteiger partial charge in [0.15, 0.2) is 0 Å². The molecule has 2 amide bonds. The number of aliphatic carboxylic acids is 1. The highest BCUT2D eigenvalue weighted by molar-refractivity contribution is 5.92. The highest BCUT2D eigenvalue weighted by Gasteiger charge is 2.27. The average Bonchev–Trinajstić information content (AvgIpc) is 2.32. The van der Waals surface area contributed by atoms with Crippen LogP contribution in [0, 0.1) is 12.8 Å². The molecule has 1 atom stereocenters. The fourth-order valence-electron chi connectivity index (χ4n) is 2.06. The Morgan fingerprint density at radius 2 is 2.11 bits per heavy atom. The maximum Gasteiger partial charge on any atom is 0.321 e. The first-order valence-electron chi connectivity index (χ1n) is 5.90. The number of anilines is 1. The summed E-state index contributed by atoms with van der Waals surface area (Å²) in [5.74, 6) is -0.887. The number of nitrogens with zero attached hydrogens (tertiary/aromatic N) is 1. The number of carbonyl (C=O) groups excluding carboxylic acids is 1. The number of carbonyl (C=O) groups is 2. The molecule has 1 aromatic rings. The molecule has 0 bridgehead atoms. The second-order valence-corrected chi connectivity index (χ2v) is 4.60. The van der Waals surface area contributed by atoms with Crippen molar-refractivity contribution < 1.29 is 14.7 Å². The van der Waals surface area contributed by atoms with E-state index >= 15 is 0 Å². The molecule has 1 aliphatic heterocycles. The second kappa shape index (κ2) is 5.08. The molecule has 0 spiro atoms. The van der Waals surface area contributed by atoms with Crippen molar-refractivity contribution in [2.45, 2.75) is 13.3 Å². The zero-order chi connectivity index (χ0) is 13.1. The fraction of sp³-hybridized carbons (Fsp3) is 0.385. The van der Waals surface area contributed by atoms with Gasteiger partial charge in [0.25, 0.3) is 0 Å². The van der Waals surface area contributed by atoms with Crippen molar-refractivity contribution in [3.63, 3.8) is 0 Å². The standard InChI is InChI=1S/C13H16N2O3/c1-9-2-4-11(5-3-9)15-8-10(6-12(16)17)7-14-13(15)18/h2-5,10H,6-8H2,1H3,(H,14,18)(H,16,17). The summed E-state index contributed by atoms with van der Waals surface area (Å²) < 4.78 is 0. The van der Waals surface area contributed by atoms with Crippen molar-refractivity contribution >= 4 is 17.7 Å². The summed E-state index contributed by atoms with van der Waals surface area (Å²) in [6, 6.07) is 7.45. The molecule has 0 saturated carbocycles. The first-order valence-corrected chi connectivity index (χ1v) is 5.90. The number of hydrogen-bond acceptors (Lipinski definition) is 2. The lowest BCUT2D eigenvalue weighted by Crippen LogP contribution is -2.51. The topological polar surface area (TPSA) is 69.6 Å². The third-order valence-electron chi connectivity index (χ3n) is 3.04. The number of carboxylic acid groups (broad SMARTS) is 1. The van der Waals surface area contributed by atoms with Crippen LogP contribution in [0.2, 0.25) is 0 Å². The molecule has 2 rings (SSSR count). The van der Waals surface area contributed by atoms with Crippen molar-refractivity contribution in [2.24, 2.45) is 5.92 Å². The van der Waals surface area contributed by atoms with Crippen LogP contribution < -0.4 is 10.2 Å². The first-order chi connectivity index (χ1) is 8.56. The van der Waals surface area contributed by atoms with E-state index in [0.29, 0.717) is 13.1 Å². The lowest BCUT2D eigenvalue weighted by Gasteiger charge is -2.32. The molecule has 1 saturated heterocycles. The van der Waals surface area contributed by atoms with Crippen LogP contribution >= 0.6 is 0 Å². The lowest BCUT2D eigenvalue weighted by atomic mass is 10.0. The van der Waals surface area contributed by atoms with E-state index in [1.165, 1.54) is 0 Å². The summed E-state index contributed by atoms with van der Waals surface area (Å²) in [6.45, 7) is 2.85. The average molecular weight is 248 g/mol. The third-order valence-corrected chi connectivity index (χ3v) is 3.04. The predicted molar refractivity (Wildman–Crippen MR) is 67.7 cm³/mol. The van der Waals surface area contributed by atoms with Gasteiger partial charge in [-0.15, -0.1) is 0 Å². The molecule has 2 N–H and O–H groups in total. The monoisotopic (exact) mass is 248 g/mol. The van der Waals surface area contributed by atoms with E-state index in [9.17, 15) is 9.59 Å². The molecule has 96 valence electrons. The molecule has 18 heavy (non-hydrogen) atoms. The normalized spacial score (nSPS) is 19.5.